The summed E-state index contributed by atoms with van der Waals surface area (Å²) in [5, 5.41) is 10.5. The zero-order valence-corrected chi connectivity index (χ0v) is 28.7. The third kappa shape index (κ3) is 6.00. The first-order chi connectivity index (χ1) is 23.2. The van der Waals surface area contributed by atoms with Gasteiger partial charge in [-0.15, -0.1) is 13.2 Å². The maximum Gasteiger partial charge on any atom is 0.253 e. The number of amides is 3. The van der Waals surface area contributed by atoms with Gasteiger partial charge in [-0.05, 0) is 88.6 Å². The van der Waals surface area contributed by atoms with Gasteiger partial charge in [0.15, 0.2) is 0 Å². The van der Waals surface area contributed by atoms with Crippen LogP contribution in [-0.4, -0.2) is 90.9 Å². The highest BCUT2D eigenvalue weighted by atomic mass is 16.5. The molecule has 10 heteroatoms. The van der Waals surface area contributed by atoms with Crippen LogP contribution in [0.1, 0.15) is 47.0 Å². The number of aliphatic hydroxyl groups is 1. The number of hydrogen-bond donors (Lipinski definition) is 1. The number of likely N-dealkylation sites (tertiary alicyclic amines) is 1. The van der Waals surface area contributed by atoms with E-state index in [4.69, 9.17) is 9.47 Å². The number of anilines is 3. The van der Waals surface area contributed by atoms with Gasteiger partial charge in [0.2, 0.25) is 11.8 Å². The van der Waals surface area contributed by atoms with Crippen LogP contribution in [0.5, 0.6) is 5.75 Å². The molecule has 5 rings (SSSR count). The quantitative estimate of drug-likeness (QED) is 0.258. The molecule has 1 spiro atoms. The third-order valence-corrected chi connectivity index (χ3v) is 10.2. The van der Waals surface area contributed by atoms with Crippen LogP contribution in [0.25, 0.3) is 0 Å². The number of carbonyl (C=O) groups is 3. The molecule has 3 saturated heterocycles. The van der Waals surface area contributed by atoms with E-state index in [1.165, 1.54) is 4.90 Å². The molecule has 258 valence electrons. The number of ether oxygens (including phenoxy) is 2. The molecule has 2 aromatic rings. The highest BCUT2D eigenvalue weighted by Crippen LogP contribution is 2.59. The van der Waals surface area contributed by atoms with Gasteiger partial charge in [0.05, 0.1) is 37.2 Å². The lowest BCUT2D eigenvalue weighted by molar-refractivity contribution is -0.144. The van der Waals surface area contributed by atoms with E-state index in [-0.39, 0.29) is 37.4 Å². The first-order valence-electron chi connectivity index (χ1n) is 17.3. The number of carbonyl (C=O) groups excluding carboxylic acids is 3. The molecule has 3 fully saturated rings. The number of aliphatic hydroxyl groups excluding tert-OH is 1. The lowest BCUT2D eigenvalue weighted by Gasteiger charge is -2.39. The number of fused-ring (bicyclic) bond motifs is 1. The molecule has 3 aliphatic heterocycles. The third-order valence-electron chi connectivity index (χ3n) is 10.2. The van der Waals surface area contributed by atoms with Gasteiger partial charge < -0.3 is 34.2 Å². The van der Waals surface area contributed by atoms with Gasteiger partial charge in [0.1, 0.15) is 17.4 Å². The molecule has 1 N–H and O–H groups in total. The molecule has 2 unspecified atom stereocenters. The van der Waals surface area contributed by atoms with E-state index in [2.05, 4.69) is 31.9 Å². The summed E-state index contributed by atoms with van der Waals surface area (Å²) < 4.78 is 12.3. The average molecular weight is 659 g/mol. The van der Waals surface area contributed by atoms with Crippen molar-refractivity contribution in [2.45, 2.75) is 70.7 Å². The maximum atomic E-state index is 14.9. The Hall–Kier alpha value is -4.15. The molecule has 2 bridgehead atoms. The second kappa shape index (κ2) is 15.0. The second-order valence-corrected chi connectivity index (χ2v) is 12.6. The lowest BCUT2D eigenvalue weighted by Crippen LogP contribution is -2.59. The van der Waals surface area contributed by atoms with Crippen molar-refractivity contribution in [1.29, 1.82) is 0 Å². The van der Waals surface area contributed by atoms with Crippen LogP contribution in [0.15, 0.2) is 73.8 Å². The predicted molar refractivity (Wildman–Crippen MR) is 188 cm³/mol. The van der Waals surface area contributed by atoms with Crippen LogP contribution in [-0.2, 0) is 19.1 Å². The molecule has 48 heavy (non-hydrogen) atoms. The Morgan fingerprint density at radius 2 is 1.52 bits per heavy atom. The number of rotatable bonds is 16. The van der Waals surface area contributed by atoms with Gasteiger partial charge in [-0.25, -0.2) is 0 Å². The summed E-state index contributed by atoms with van der Waals surface area (Å²) in [6.07, 6.45) is 4.24. The van der Waals surface area contributed by atoms with Crippen molar-refractivity contribution in [3.63, 3.8) is 0 Å². The molecule has 2 aromatic carbocycles. The highest BCUT2D eigenvalue weighted by molar-refractivity contribution is 6.06. The van der Waals surface area contributed by atoms with E-state index in [1.54, 1.807) is 22.0 Å². The minimum atomic E-state index is -1.21. The Morgan fingerprint density at radius 1 is 0.958 bits per heavy atom. The summed E-state index contributed by atoms with van der Waals surface area (Å²) in [6.45, 7) is 18.2. The van der Waals surface area contributed by atoms with Gasteiger partial charge in [0, 0.05) is 43.2 Å². The van der Waals surface area contributed by atoms with E-state index in [0.29, 0.717) is 43.0 Å². The summed E-state index contributed by atoms with van der Waals surface area (Å²) >= 11 is 0. The first-order valence-corrected chi connectivity index (χ1v) is 17.3. The molecule has 0 aliphatic carbocycles. The van der Waals surface area contributed by atoms with Crippen molar-refractivity contribution in [3.8, 4) is 5.75 Å². The van der Waals surface area contributed by atoms with E-state index >= 15 is 0 Å². The molecule has 6 atom stereocenters. The van der Waals surface area contributed by atoms with Crippen molar-refractivity contribution in [3.05, 3.63) is 73.8 Å². The second-order valence-electron chi connectivity index (χ2n) is 12.6. The molecule has 0 radical (unpaired) electrons. The van der Waals surface area contributed by atoms with Crippen LogP contribution >= 0.6 is 0 Å². The molecule has 3 heterocycles. The average Bonchev–Trinajstić information content (AvgIpc) is 3.75. The summed E-state index contributed by atoms with van der Waals surface area (Å²) in [4.78, 5) is 51.1. The standard InChI is InChI=1S/C38H50N4O6/c1-7-23-40(29-17-19-30(20-18-29)47-12-6)35(44)32-31-21-22-38(48-31)33(32)36(45)42(26(9-3)25-43)34(38)37(46)41(24-8-2)28-15-13-27(14-16-28)39(10-4)11-5/h7-8,13-20,26,31-34,43H,1-2,9-12,21-25H2,3-6H3/t26-,31-,32+,33-,34?,38?/m0/s1. The van der Waals surface area contributed by atoms with Gasteiger partial charge in [-0.3, -0.25) is 14.4 Å². The van der Waals surface area contributed by atoms with Crippen molar-refractivity contribution in [2.75, 3.05) is 54.1 Å². The van der Waals surface area contributed by atoms with Crippen LogP contribution < -0.4 is 19.4 Å². The SMILES string of the molecule is C=CCN(C(=O)C1N([C@@H](CC)CO)C(=O)[C@@H]2[C@H](C(=O)N(CC=C)c3ccc(OCC)cc3)[C@@H]3CCC12O3)c1ccc(N(CC)CC)cc1. The smallest absolute Gasteiger partial charge is 0.253 e. The molecule has 10 nitrogen and oxygen atoms in total. The Bertz CT molecular complexity index is 1470. The fraction of sp³-hybridized carbons (Fsp3) is 0.500. The van der Waals surface area contributed by atoms with E-state index in [9.17, 15) is 19.5 Å². The lowest BCUT2D eigenvalue weighted by atomic mass is 9.70. The molecular formula is C38H50N4O6. The zero-order valence-electron chi connectivity index (χ0n) is 28.7. The normalized spacial score (nSPS) is 24.6. The minimum Gasteiger partial charge on any atom is -0.494 e. The Morgan fingerprint density at radius 3 is 2.04 bits per heavy atom. The first kappa shape index (κ1) is 35.2. The number of benzene rings is 2. The molecule has 0 saturated carbocycles. The highest BCUT2D eigenvalue weighted by Gasteiger charge is 2.75. The topological polar surface area (TPSA) is 103 Å². The van der Waals surface area contributed by atoms with Crippen molar-refractivity contribution in [2.24, 2.45) is 11.8 Å². The Balaban J connectivity index is 1.54. The Labute approximate surface area is 284 Å². The summed E-state index contributed by atoms with van der Waals surface area (Å²) in [5.74, 6) is -1.85. The van der Waals surface area contributed by atoms with Crippen LogP contribution in [0, 0.1) is 11.8 Å². The van der Waals surface area contributed by atoms with Crippen LogP contribution in [0.3, 0.4) is 0 Å². The molecule has 3 aliphatic rings. The van der Waals surface area contributed by atoms with Gasteiger partial charge in [-0.2, -0.15) is 0 Å². The molecule has 3 amide bonds. The summed E-state index contributed by atoms with van der Waals surface area (Å²) in [7, 11) is 0. The maximum absolute atomic E-state index is 14.9. The summed E-state index contributed by atoms with van der Waals surface area (Å²) in [6, 6.07) is 13.5. The van der Waals surface area contributed by atoms with Gasteiger partial charge >= 0.3 is 0 Å². The largest absolute Gasteiger partial charge is 0.494 e. The fourth-order valence-corrected chi connectivity index (χ4v) is 8.01. The summed E-state index contributed by atoms with van der Waals surface area (Å²) in [5.41, 5.74) is 1.17. The zero-order chi connectivity index (χ0) is 34.6. The molecular weight excluding hydrogens is 608 g/mol. The van der Waals surface area contributed by atoms with Crippen LogP contribution in [0.4, 0.5) is 17.1 Å². The Kier molecular flexibility index (Phi) is 11.0. The van der Waals surface area contributed by atoms with Crippen molar-refractivity contribution < 1.29 is 29.0 Å². The van der Waals surface area contributed by atoms with Crippen molar-refractivity contribution in [1.82, 2.24) is 4.90 Å². The number of hydrogen-bond acceptors (Lipinski definition) is 7. The fourth-order valence-electron chi connectivity index (χ4n) is 8.01. The van der Waals surface area contributed by atoms with Gasteiger partial charge in [0.25, 0.3) is 5.91 Å². The van der Waals surface area contributed by atoms with Crippen LogP contribution in [0.2, 0.25) is 0 Å². The van der Waals surface area contributed by atoms with E-state index < -0.39 is 35.6 Å². The van der Waals surface area contributed by atoms with E-state index in [0.717, 1.165) is 18.8 Å². The van der Waals surface area contributed by atoms with Gasteiger partial charge in [-0.1, -0.05) is 19.1 Å². The molecule has 0 aromatic heterocycles. The number of nitrogens with zero attached hydrogens (tertiary/aromatic N) is 4. The minimum absolute atomic E-state index is 0.218. The monoisotopic (exact) mass is 658 g/mol. The van der Waals surface area contributed by atoms with Crippen molar-refractivity contribution >= 4 is 34.8 Å². The predicted octanol–water partition coefficient (Wildman–Crippen LogP) is 4.82. The van der Waals surface area contributed by atoms with E-state index in [1.807, 2.05) is 62.4 Å².